The molecule has 0 bridgehead atoms. The van der Waals surface area contributed by atoms with Crippen molar-refractivity contribution in [1.82, 2.24) is 10.6 Å². The molecule has 132 valence electrons. The van der Waals surface area contributed by atoms with E-state index < -0.39 is 5.82 Å². The molecule has 0 saturated heterocycles. The molecule has 2 rings (SSSR count). The maximum atomic E-state index is 13.5. The summed E-state index contributed by atoms with van der Waals surface area (Å²) in [6, 6.07) is 9.49. The fraction of sp³-hybridized carbons (Fsp3) is 0.263. The number of hydrogen-bond acceptors (Lipinski definition) is 3. The third-order valence-electron chi connectivity index (χ3n) is 3.80. The number of carbonyl (C=O) groups excluding carboxylic acids is 2. The van der Waals surface area contributed by atoms with Crippen LogP contribution in [0.1, 0.15) is 31.8 Å². The minimum absolute atomic E-state index is 0.239. The van der Waals surface area contributed by atoms with Gasteiger partial charge in [0.2, 0.25) is 0 Å². The minimum atomic E-state index is -0.422. The maximum absolute atomic E-state index is 13.5. The lowest BCUT2D eigenvalue weighted by Crippen LogP contribution is -2.34. The molecule has 2 aromatic rings. The van der Waals surface area contributed by atoms with Gasteiger partial charge in [-0.1, -0.05) is 12.1 Å². The van der Waals surface area contributed by atoms with E-state index in [1.165, 1.54) is 6.07 Å². The Kier molecular flexibility index (Phi) is 6.11. The quantitative estimate of drug-likeness (QED) is 0.792. The first-order chi connectivity index (χ1) is 11.9. The standard InChI is InChI=1S/C19H21FN2O3/c1-12-4-6-14(10-16(12)20)18(23)21-8-9-22-19(24)15-7-5-13(2)17(11-15)25-3/h4-7,10-11H,8-9H2,1-3H3,(H,21,23)(H,22,24). The highest BCUT2D eigenvalue weighted by Gasteiger charge is 2.10. The van der Waals surface area contributed by atoms with Crippen molar-refractivity contribution in [3.05, 3.63) is 64.5 Å². The van der Waals surface area contributed by atoms with Crippen LogP contribution in [-0.4, -0.2) is 32.0 Å². The van der Waals surface area contributed by atoms with Crippen molar-refractivity contribution in [1.29, 1.82) is 0 Å². The third-order valence-corrected chi connectivity index (χ3v) is 3.80. The lowest BCUT2D eigenvalue weighted by Gasteiger charge is -2.09. The number of benzene rings is 2. The Bertz CT molecular complexity index is 790. The van der Waals surface area contributed by atoms with Gasteiger partial charge in [-0.3, -0.25) is 9.59 Å². The molecule has 0 fully saturated rings. The van der Waals surface area contributed by atoms with E-state index in [4.69, 9.17) is 4.74 Å². The van der Waals surface area contributed by atoms with Gasteiger partial charge in [0.15, 0.2) is 0 Å². The van der Waals surface area contributed by atoms with E-state index in [9.17, 15) is 14.0 Å². The summed E-state index contributed by atoms with van der Waals surface area (Å²) in [6.07, 6.45) is 0. The molecule has 0 atom stereocenters. The number of ether oxygens (including phenoxy) is 1. The molecule has 0 unspecified atom stereocenters. The van der Waals surface area contributed by atoms with Gasteiger partial charge in [0, 0.05) is 24.2 Å². The molecule has 2 N–H and O–H groups in total. The van der Waals surface area contributed by atoms with Crippen molar-refractivity contribution < 1.29 is 18.7 Å². The number of hydrogen-bond donors (Lipinski definition) is 2. The van der Waals surface area contributed by atoms with Gasteiger partial charge >= 0.3 is 0 Å². The summed E-state index contributed by atoms with van der Waals surface area (Å²) >= 11 is 0. The number of nitrogens with one attached hydrogen (secondary N) is 2. The van der Waals surface area contributed by atoms with Gasteiger partial charge in [0.1, 0.15) is 11.6 Å². The predicted octanol–water partition coefficient (Wildman–Crippen LogP) is 2.61. The molecule has 0 saturated carbocycles. The fourth-order valence-electron chi connectivity index (χ4n) is 2.25. The molecular weight excluding hydrogens is 323 g/mol. The average Bonchev–Trinajstić information content (AvgIpc) is 2.61. The van der Waals surface area contributed by atoms with Crippen molar-refractivity contribution in [2.24, 2.45) is 0 Å². The Morgan fingerprint density at radius 3 is 1.96 bits per heavy atom. The monoisotopic (exact) mass is 344 g/mol. The number of rotatable bonds is 6. The zero-order valence-electron chi connectivity index (χ0n) is 14.5. The molecule has 6 heteroatoms. The summed E-state index contributed by atoms with van der Waals surface area (Å²) in [5.41, 5.74) is 2.15. The molecule has 0 aliphatic rings. The smallest absolute Gasteiger partial charge is 0.251 e. The molecule has 5 nitrogen and oxygen atoms in total. The number of aryl methyl sites for hydroxylation is 2. The highest BCUT2D eigenvalue weighted by Crippen LogP contribution is 2.18. The lowest BCUT2D eigenvalue weighted by atomic mass is 10.1. The molecule has 0 heterocycles. The van der Waals surface area contributed by atoms with Crippen LogP contribution in [0.15, 0.2) is 36.4 Å². The van der Waals surface area contributed by atoms with Crippen molar-refractivity contribution in [3.63, 3.8) is 0 Å². The van der Waals surface area contributed by atoms with Crippen molar-refractivity contribution in [3.8, 4) is 5.75 Å². The molecule has 2 amide bonds. The Morgan fingerprint density at radius 1 is 0.920 bits per heavy atom. The number of carbonyl (C=O) groups is 2. The second kappa shape index (κ2) is 8.28. The molecule has 0 aliphatic carbocycles. The van der Waals surface area contributed by atoms with Crippen LogP contribution in [0.4, 0.5) is 4.39 Å². The van der Waals surface area contributed by atoms with Crippen molar-refractivity contribution >= 4 is 11.8 Å². The summed E-state index contributed by atoms with van der Waals surface area (Å²) < 4.78 is 18.7. The van der Waals surface area contributed by atoms with E-state index in [-0.39, 0.29) is 30.5 Å². The normalized spacial score (nSPS) is 10.2. The Balaban J connectivity index is 1.83. The third kappa shape index (κ3) is 4.79. The highest BCUT2D eigenvalue weighted by molar-refractivity contribution is 5.95. The van der Waals surface area contributed by atoms with Crippen LogP contribution < -0.4 is 15.4 Å². The van der Waals surface area contributed by atoms with Crippen LogP contribution in [0.2, 0.25) is 0 Å². The largest absolute Gasteiger partial charge is 0.496 e. The van der Waals surface area contributed by atoms with Crippen LogP contribution in [0.5, 0.6) is 5.75 Å². The molecular formula is C19H21FN2O3. The molecule has 0 spiro atoms. The summed E-state index contributed by atoms with van der Waals surface area (Å²) in [7, 11) is 1.55. The van der Waals surface area contributed by atoms with Gasteiger partial charge in [-0.15, -0.1) is 0 Å². The van der Waals surface area contributed by atoms with E-state index in [1.807, 2.05) is 13.0 Å². The first-order valence-electron chi connectivity index (χ1n) is 7.89. The predicted molar refractivity (Wildman–Crippen MR) is 93.5 cm³/mol. The van der Waals surface area contributed by atoms with Crippen LogP contribution in [0.25, 0.3) is 0 Å². The topological polar surface area (TPSA) is 67.4 Å². The van der Waals surface area contributed by atoms with E-state index in [0.29, 0.717) is 16.9 Å². The Hall–Kier alpha value is -2.89. The zero-order chi connectivity index (χ0) is 18.4. The van der Waals surface area contributed by atoms with Gasteiger partial charge in [-0.2, -0.15) is 0 Å². The van der Waals surface area contributed by atoms with Gasteiger partial charge in [0.25, 0.3) is 11.8 Å². The summed E-state index contributed by atoms with van der Waals surface area (Å²) in [4.78, 5) is 24.0. The van der Waals surface area contributed by atoms with Gasteiger partial charge in [-0.05, 0) is 49.2 Å². The Labute approximate surface area is 146 Å². The first kappa shape index (κ1) is 18.4. The fourth-order valence-corrected chi connectivity index (χ4v) is 2.25. The average molecular weight is 344 g/mol. The summed E-state index contributed by atoms with van der Waals surface area (Å²) in [5, 5.41) is 5.35. The second-order valence-electron chi connectivity index (χ2n) is 5.66. The molecule has 0 aliphatic heterocycles. The van der Waals surface area contributed by atoms with E-state index in [2.05, 4.69) is 10.6 Å². The molecule has 2 aromatic carbocycles. The van der Waals surface area contributed by atoms with Crippen molar-refractivity contribution in [2.75, 3.05) is 20.2 Å². The molecule has 0 aromatic heterocycles. The van der Waals surface area contributed by atoms with Crippen LogP contribution in [0, 0.1) is 19.7 Å². The van der Waals surface area contributed by atoms with E-state index in [1.54, 1.807) is 38.3 Å². The summed E-state index contributed by atoms with van der Waals surface area (Å²) in [6.45, 7) is 4.02. The molecule has 0 radical (unpaired) electrons. The number of halogens is 1. The van der Waals surface area contributed by atoms with Crippen LogP contribution in [-0.2, 0) is 0 Å². The SMILES string of the molecule is COc1cc(C(=O)NCCNC(=O)c2ccc(C)c(F)c2)ccc1C. The molecule has 25 heavy (non-hydrogen) atoms. The zero-order valence-corrected chi connectivity index (χ0v) is 14.5. The first-order valence-corrected chi connectivity index (χ1v) is 7.89. The number of amides is 2. The van der Waals surface area contributed by atoms with Crippen LogP contribution in [0.3, 0.4) is 0 Å². The van der Waals surface area contributed by atoms with Gasteiger partial charge < -0.3 is 15.4 Å². The van der Waals surface area contributed by atoms with Crippen molar-refractivity contribution in [2.45, 2.75) is 13.8 Å². The Morgan fingerprint density at radius 2 is 1.44 bits per heavy atom. The van der Waals surface area contributed by atoms with E-state index >= 15 is 0 Å². The lowest BCUT2D eigenvalue weighted by molar-refractivity contribution is 0.0927. The van der Waals surface area contributed by atoms with Crippen LogP contribution >= 0.6 is 0 Å². The minimum Gasteiger partial charge on any atom is -0.496 e. The second-order valence-corrected chi connectivity index (χ2v) is 5.66. The highest BCUT2D eigenvalue weighted by atomic mass is 19.1. The van der Waals surface area contributed by atoms with Gasteiger partial charge in [-0.25, -0.2) is 4.39 Å². The number of methoxy groups -OCH3 is 1. The van der Waals surface area contributed by atoms with Gasteiger partial charge in [0.05, 0.1) is 7.11 Å². The maximum Gasteiger partial charge on any atom is 0.251 e. The van der Waals surface area contributed by atoms with E-state index in [0.717, 1.165) is 5.56 Å². The summed E-state index contributed by atoms with van der Waals surface area (Å²) in [5.74, 6) is -0.421.